The maximum absolute atomic E-state index is 10.8. The van der Waals surface area contributed by atoms with Gasteiger partial charge in [-0.1, -0.05) is 0 Å². The van der Waals surface area contributed by atoms with Crippen molar-refractivity contribution in [2.24, 2.45) is 0 Å². The van der Waals surface area contributed by atoms with Gasteiger partial charge in [-0.3, -0.25) is 0 Å². The minimum atomic E-state index is -0.991. The van der Waals surface area contributed by atoms with Gasteiger partial charge in [0.1, 0.15) is 12.0 Å². The average molecular weight is 279 g/mol. The van der Waals surface area contributed by atoms with Gasteiger partial charge < -0.3 is 14.3 Å². The summed E-state index contributed by atoms with van der Waals surface area (Å²) in [7, 11) is 0. The highest BCUT2D eigenvalue weighted by molar-refractivity contribution is 7.10. The summed E-state index contributed by atoms with van der Waals surface area (Å²) in [5, 5.41) is 11.8. The van der Waals surface area contributed by atoms with Crippen LogP contribution in [0.25, 0.3) is 11.5 Å². The SMILES string of the molecule is O=C(O)c1coc(-c2csc(C3CCOCC3)n2)c1. The summed E-state index contributed by atoms with van der Waals surface area (Å²) < 4.78 is 10.6. The van der Waals surface area contributed by atoms with Gasteiger partial charge in [0.25, 0.3) is 0 Å². The van der Waals surface area contributed by atoms with E-state index in [1.807, 2.05) is 5.38 Å². The maximum Gasteiger partial charge on any atom is 0.338 e. The number of carbonyl (C=O) groups is 1. The van der Waals surface area contributed by atoms with Crippen LogP contribution in [-0.2, 0) is 4.74 Å². The van der Waals surface area contributed by atoms with Gasteiger partial charge in [-0.2, -0.15) is 0 Å². The van der Waals surface area contributed by atoms with Gasteiger partial charge in [-0.15, -0.1) is 11.3 Å². The van der Waals surface area contributed by atoms with Crippen molar-refractivity contribution >= 4 is 17.3 Å². The van der Waals surface area contributed by atoms with Gasteiger partial charge in [0, 0.05) is 30.6 Å². The number of thiazole rings is 1. The lowest BCUT2D eigenvalue weighted by Gasteiger charge is -2.19. The van der Waals surface area contributed by atoms with E-state index < -0.39 is 5.97 Å². The highest BCUT2D eigenvalue weighted by Gasteiger charge is 2.20. The molecule has 3 rings (SSSR count). The number of ether oxygens (including phenoxy) is 1. The molecule has 1 saturated heterocycles. The molecule has 1 fully saturated rings. The highest BCUT2D eigenvalue weighted by Crippen LogP contribution is 2.32. The molecule has 1 aliphatic rings. The lowest BCUT2D eigenvalue weighted by Crippen LogP contribution is -2.13. The molecule has 100 valence electrons. The number of aromatic nitrogens is 1. The third kappa shape index (κ3) is 2.54. The third-order valence-electron chi connectivity index (χ3n) is 3.19. The Hall–Kier alpha value is -1.66. The van der Waals surface area contributed by atoms with E-state index >= 15 is 0 Å². The average Bonchev–Trinajstić information content (AvgIpc) is 3.09. The lowest BCUT2D eigenvalue weighted by molar-refractivity contribution is 0.0696. The van der Waals surface area contributed by atoms with Gasteiger partial charge in [0.2, 0.25) is 0 Å². The zero-order valence-electron chi connectivity index (χ0n) is 10.2. The lowest BCUT2D eigenvalue weighted by atomic mass is 10.0. The summed E-state index contributed by atoms with van der Waals surface area (Å²) in [5.41, 5.74) is 0.856. The van der Waals surface area contributed by atoms with E-state index in [-0.39, 0.29) is 5.56 Å². The molecule has 0 atom stereocenters. The van der Waals surface area contributed by atoms with E-state index in [2.05, 4.69) is 4.98 Å². The molecule has 19 heavy (non-hydrogen) atoms. The summed E-state index contributed by atoms with van der Waals surface area (Å²) in [6.07, 6.45) is 3.22. The van der Waals surface area contributed by atoms with Gasteiger partial charge in [0.15, 0.2) is 5.76 Å². The number of aromatic carboxylic acids is 1. The van der Waals surface area contributed by atoms with Crippen LogP contribution in [0.3, 0.4) is 0 Å². The minimum Gasteiger partial charge on any atom is -0.478 e. The number of carboxylic acid groups (broad SMARTS) is 1. The first kappa shape index (κ1) is 12.4. The molecule has 3 heterocycles. The smallest absolute Gasteiger partial charge is 0.338 e. The molecule has 1 N–H and O–H groups in total. The number of rotatable bonds is 3. The van der Waals surface area contributed by atoms with Crippen molar-refractivity contribution in [2.75, 3.05) is 13.2 Å². The molecule has 0 amide bonds. The van der Waals surface area contributed by atoms with E-state index in [9.17, 15) is 4.79 Å². The fraction of sp³-hybridized carbons (Fsp3) is 0.385. The summed E-state index contributed by atoms with van der Waals surface area (Å²) in [5.74, 6) is -0.0387. The van der Waals surface area contributed by atoms with Crippen LogP contribution in [0.2, 0.25) is 0 Å². The molecule has 0 unspecified atom stereocenters. The summed E-state index contributed by atoms with van der Waals surface area (Å²) in [6, 6.07) is 1.51. The monoisotopic (exact) mass is 279 g/mol. The molecule has 2 aromatic rings. The van der Waals surface area contributed by atoms with Gasteiger partial charge in [0.05, 0.1) is 10.6 Å². The molecule has 0 radical (unpaired) electrons. The number of furan rings is 1. The quantitative estimate of drug-likeness (QED) is 0.935. The van der Waals surface area contributed by atoms with Crippen LogP contribution >= 0.6 is 11.3 Å². The number of hydrogen-bond acceptors (Lipinski definition) is 5. The first-order chi connectivity index (χ1) is 9.24. The Bertz CT molecular complexity index is 583. The van der Waals surface area contributed by atoms with Crippen LogP contribution in [0.15, 0.2) is 22.1 Å². The van der Waals surface area contributed by atoms with Gasteiger partial charge >= 0.3 is 5.97 Å². The number of hydrogen-bond donors (Lipinski definition) is 1. The van der Waals surface area contributed by atoms with E-state index in [4.69, 9.17) is 14.3 Å². The van der Waals surface area contributed by atoms with Crippen molar-refractivity contribution in [3.63, 3.8) is 0 Å². The Balaban J connectivity index is 1.81. The minimum absolute atomic E-state index is 0.149. The van der Waals surface area contributed by atoms with Crippen molar-refractivity contribution < 1.29 is 19.1 Å². The molecular weight excluding hydrogens is 266 g/mol. The molecule has 2 aromatic heterocycles. The number of nitrogens with zero attached hydrogens (tertiary/aromatic N) is 1. The van der Waals surface area contributed by atoms with Crippen LogP contribution < -0.4 is 0 Å². The Kier molecular flexibility index (Phi) is 3.35. The molecule has 5 nitrogen and oxygen atoms in total. The standard InChI is InChI=1S/C13H13NO4S/c15-13(16)9-5-11(18-6-9)10-7-19-12(14-10)8-1-3-17-4-2-8/h5-8H,1-4H2,(H,15,16). The fourth-order valence-corrected chi connectivity index (χ4v) is 3.10. The first-order valence-corrected chi connectivity index (χ1v) is 6.97. The maximum atomic E-state index is 10.8. The molecule has 0 spiro atoms. The van der Waals surface area contributed by atoms with Crippen LogP contribution in [-0.4, -0.2) is 29.3 Å². The van der Waals surface area contributed by atoms with E-state index in [0.29, 0.717) is 17.4 Å². The third-order valence-corrected chi connectivity index (χ3v) is 4.20. The molecule has 0 aliphatic carbocycles. The highest BCUT2D eigenvalue weighted by atomic mass is 32.1. The van der Waals surface area contributed by atoms with Crippen LogP contribution in [0.1, 0.15) is 34.1 Å². The predicted octanol–water partition coefficient (Wildman–Crippen LogP) is 3.00. The zero-order valence-corrected chi connectivity index (χ0v) is 11.0. The van der Waals surface area contributed by atoms with Crippen LogP contribution in [0.5, 0.6) is 0 Å². The molecule has 0 saturated carbocycles. The molecule has 0 bridgehead atoms. The molecule has 6 heteroatoms. The second-order valence-corrected chi connectivity index (χ2v) is 5.35. The second kappa shape index (κ2) is 5.14. The van der Waals surface area contributed by atoms with Crippen molar-refractivity contribution in [1.82, 2.24) is 4.98 Å². The van der Waals surface area contributed by atoms with E-state index in [1.54, 1.807) is 11.3 Å². The Morgan fingerprint density at radius 3 is 2.89 bits per heavy atom. The largest absolute Gasteiger partial charge is 0.478 e. The second-order valence-electron chi connectivity index (χ2n) is 4.46. The molecular formula is C13H13NO4S. The van der Waals surface area contributed by atoms with E-state index in [0.717, 1.165) is 31.1 Å². The fourth-order valence-electron chi connectivity index (χ4n) is 2.12. The van der Waals surface area contributed by atoms with Crippen LogP contribution in [0.4, 0.5) is 0 Å². The van der Waals surface area contributed by atoms with Crippen molar-refractivity contribution in [3.05, 3.63) is 28.3 Å². The van der Waals surface area contributed by atoms with Gasteiger partial charge in [-0.25, -0.2) is 9.78 Å². The van der Waals surface area contributed by atoms with Gasteiger partial charge in [-0.05, 0) is 12.8 Å². The Morgan fingerprint density at radius 1 is 1.42 bits per heavy atom. The summed E-state index contributed by atoms with van der Waals surface area (Å²) >= 11 is 1.59. The van der Waals surface area contributed by atoms with Crippen molar-refractivity contribution in [2.45, 2.75) is 18.8 Å². The Labute approximate surface area is 113 Å². The normalized spacial score (nSPS) is 16.6. The summed E-state index contributed by atoms with van der Waals surface area (Å²) in [6.45, 7) is 1.56. The van der Waals surface area contributed by atoms with E-state index in [1.165, 1.54) is 12.3 Å². The topological polar surface area (TPSA) is 72.6 Å². The molecule has 1 aliphatic heterocycles. The Morgan fingerprint density at radius 2 is 2.21 bits per heavy atom. The zero-order chi connectivity index (χ0) is 13.2. The molecule has 0 aromatic carbocycles. The number of carboxylic acids is 1. The summed E-state index contributed by atoms with van der Waals surface area (Å²) in [4.78, 5) is 15.4. The van der Waals surface area contributed by atoms with Crippen molar-refractivity contribution in [3.8, 4) is 11.5 Å². The first-order valence-electron chi connectivity index (χ1n) is 6.09. The van der Waals surface area contributed by atoms with Crippen molar-refractivity contribution in [1.29, 1.82) is 0 Å². The van der Waals surface area contributed by atoms with Crippen LogP contribution in [0, 0.1) is 0 Å². The predicted molar refractivity (Wildman–Crippen MR) is 69.6 cm³/mol.